The summed E-state index contributed by atoms with van der Waals surface area (Å²) in [6.07, 6.45) is 6.32. The molecule has 0 bridgehead atoms. The van der Waals surface area contributed by atoms with E-state index >= 15 is 0 Å². The summed E-state index contributed by atoms with van der Waals surface area (Å²) in [5.74, 6) is -2.25. The van der Waals surface area contributed by atoms with E-state index in [0.29, 0.717) is 31.6 Å². The highest BCUT2D eigenvalue weighted by molar-refractivity contribution is 6.74. The van der Waals surface area contributed by atoms with Crippen molar-refractivity contribution in [3.05, 3.63) is 35.9 Å². The zero-order valence-corrected chi connectivity index (χ0v) is 50.4. The third-order valence-electron chi connectivity index (χ3n) is 17.5. The molecule has 0 radical (unpaired) electrons. The van der Waals surface area contributed by atoms with Crippen LogP contribution in [-0.4, -0.2) is 105 Å². The Balaban J connectivity index is 1.03. The normalized spacial score (nSPS) is 27.7. The third-order valence-corrected chi connectivity index (χ3v) is 22.0. The van der Waals surface area contributed by atoms with Crippen LogP contribution in [0.25, 0.3) is 0 Å². The Morgan fingerprint density at radius 2 is 0.760 bits per heavy atom. The van der Waals surface area contributed by atoms with Gasteiger partial charge in [0.1, 0.15) is 24.9 Å². The first-order chi connectivity index (χ1) is 35.1. The highest BCUT2D eigenvalue weighted by Gasteiger charge is 2.44. The fourth-order valence-electron chi connectivity index (χ4n) is 10.8. The van der Waals surface area contributed by atoms with Gasteiger partial charge in [-0.3, -0.25) is 19.2 Å². The van der Waals surface area contributed by atoms with Crippen LogP contribution in [-0.2, 0) is 68.1 Å². The lowest BCUT2D eigenvalue weighted by molar-refractivity contribution is -0.165. The van der Waals surface area contributed by atoms with Crippen LogP contribution in [0.3, 0.4) is 0 Å². The molecule has 75 heavy (non-hydrogen) atoms. The molecule has 0 saturated carbocycles. The van der Waals surface area contributed by atoms with E-state index < -0.39 is 32.0 Å². The average molecular weight is 1070 g/mol. The van der Waals surface area contributed by atoms with E-state index in [4.69, 9.17) is 42.3 Å². The Hall–Kier alpha value is -2.88. The molecule has 4 aliphatic rings. The molecule has 428 valence electrons. The van der Waals surface area contributed by atoms with E-state index in [2.05, 4.69) is 75.4 Å². The standard InChI is InChI=1S/C61H102O13Si/c1-36(2)53(31-45-23-27-49(67-45)40(9)57(62)66-35-44-21-19-18-20-22-44)71-58(63)41(10)50-28-24-46(68-50)32-54(37(3)4)72-59(64)42(11)51-29-25-47(69-51)33-55(38(5)6)73-60(65)43(12)52-30-26-48(70-52)34-56(39(7)8)74-75(16,17)61(13,14)15/h18-22,36-43,45-56H,23-35H2,1-17H3/t40-,41+,42-,43+,45+,46-,47-,48-,49-,50+,51-,52+,53-,54+,55-,56+/m0/s1. The zero-order valence-electron chi connectivity index (χ0n) is 49.4. The van der Waals surface area contributed by atoms with Crippen molar-refractivity contribution in [2.24, 2.45) is 47.3 Å². The Labute approximate surface area is 454 Å². The molecule has 0 amide bonds. The van der Waals surface area contributed by atoms with Crippen molar-refractivity contribution in [2.75, 3.05) is 0 Å². The first kappa shape index (κ1) is 63.0. The number of hydrogen-bond donors (Lipinski definition) is 0. The summed E-state index contributed by atoms with van der Waals surface area (Å²) >= 11 is 0. The number of ether oxygens (including phenoxy) is 8. The molecule has 0 aromatic heterocycles. The lowest BCUT2D eigenvalue weighted by Gasteiger charge is -2.41. The molecule has 0 N–H and O–H groups in total. The predicted octanol–water partition coefficient (Wildman–Crippen LogP) is 12.8. The maximum atomic E-state index is 13.8. The van der Waals surface area contributed by atoms with Gasteiger partial charge in [-0.25, -0.2) is 0 Å². The molecular formula is C61H102O13Si. The van der Waals surface area contributed by atoms with E-state index in [-0.39, 0.29) is 127 Å². The van der Waals surface area contributed by atoms with Crippen molar-refractivity contribution < 1.29 is 61.5 Å². The molecule has 14 heteroatoms. The van der Waals surface area contributed by atoms with Gasteiger partial charge in [-0.05, 0) is 133 Å². The van der Waals surface area contributed by atoms with Gasteiger partial charge in [0.25, 0.3) is 0 Å². The molecule has 16 atom stereocenters. The van der Waals surface area contributed by atoms with Crippen LogP contribution >= 0.6 is 0 Å². The molecule has 1 aromatic carbocycles. The molecule has 0 aliphatic carbocycles. The van der Waals surface area contributed by atoms with E-state index in [1.807, 2.05) is 71.9 Å². The molecular weight excluding hydrogens is 969 g/mol. The van der Waals surface area contributed by atoms with Crippen molar-refractivity contribution in [1.82, 2.24) is 0 Å². The molecule has 1 aromatic rings. The van der Waals surface area contributed by atoms with Crippen molar-refractivity contribution in [1.29, 1.82) is 0 Å². The Morgan fingerprint density at radius 3 is 1.05 bits per heavy atom. The SMILES string of the molecule is CC(C)[C@H](C[C@H]1CC[C@@H]([C@H](C)C(=O)OCc2ccccc2)O1)OC(=O)[C@H](C)[C@H]1CC[C@@H](C[C@@H](OC(=O)[C@@H](C)[C@@H]2CC[C@@H](C[C@H](OC(=O)[C@H](C)[C@H]3CC[C@@H](C[C@@H](O[Si](C)(C)C(C)(C)C)C(C)C)O3)C(C)C)O2)C(C)C)O1. The minimum Gasteiger partial charge on any atom is -0.462 e. The zero-order chi connectivity index (χ0) is 55.5. The second-order valence-corrected chi connectivity index (χ2v) is 30.8. The summed E-state index contributed by atoms with van der Waals surface area (Å²) in [5, 5.41) is 0.125. The highest BCUT2D eigenvalue weighted by Crippen LogP contribution is 2.41. The molecule has 4 heterocycles. The summed E-state index contributed by atoms with van der Waals surface area (Å²) in [5.41, 5.74) is 0.942. The van der Waals surface area contributed by atoms with Crippen LogP contribution in [0, 0.1) is 47.3 Å². The topological polar surface area (TPSA) is 151 Å². The first-order valence-corrected chi connectivity index (χ1v) is 32.2. The van der Waals surface area contributed by atoms with Gasteiger partial charge in [-0.2, -0.15) is 0 Å². The van der Waals surface area contributed by atoms with E-state index in [9.17, 15) is 19.2 Å². The second-order valence-electron chi connectivity index (χ2n) is 26.0. The maximum absolute atomic E-state index is 13.8. The summed E-state index contributed by atoms with van der Waals surface area (Å²) in [7, 11) is -1.95. The Morgan fingerprint density at radius 1 is 0.467 bits per heavy atom. The second kappa shape index (κ2) is 28.3. The van der Waals surface area contributed by atoms with Gasteiger partial charge >= 0.3 is 23.9 Å². The predicted molar refractivity (Wildman–Crippen MR) is 294 cm³/mol. The number of carbonyl (C=O) groups excluding carboxylic acids is 4. The van der Waals surface area contributed by atoms with Crippen LogP contribution < -0.4 is 0 Å². The smallest absolute Gasteiger partial charge is 0.311 e. The van der Waals surface area contributed by atoms with Gasteiger partial charge in [0, 0.05) is 25.4 Å². The van der Waals surface area contributed by atoms with Crippen LogP contribution in [0.4, 0.5) is 0 Å². The first-order valence-electron chi connectivity index (χ1n) is 29.2. The van der Waals surface area contributed by atoms with Crippen LogP contribution in [0.2, 0.25) is 18.1 Å². The molecule has 5 rings (SSSR count). The van der Waals surface area contributed by atoms with Gasteiger partial charge < -0.3 is 42.3 Å². The third kappa shape index (κ3) is 18.3. The van der Waals surface area contributed by atoms with Crippen LogP contribution in [0.15, 0.2) is 30.3 Å². The van der Waals surface area contributed by atoms with Crippen molar-refractivity contribution in [3.63, 3.8) is 0 Å². The summed E-state index contributed by atoms with van der Waals surface area (Å²) < 4.78 is 57.1. The molecule has 13 nitrogen and oxygen atoms in total. The minimum absolute atomic E-state index is 0.0530. The quantitative estimate of drug-likeness (QED) is 0.0467. The number of rotatable bonds is 27. The lowest BCUT2D eigenvalue weighted by atomic mass is 9.96. The molecule has 4 fully saturated rings. The maximum Gasteiger partial charge on any atom is 0.311 e. The molecule has 0 spiro atoms. The monoisotopic (exact) mass is 1070 g/mol. The molecule has 4 aliphatic heterocycles. The summed E-state index contributed by atoms with van der Waals surface area (Å²) in [6, 6.07) is 9.64. The van der Waals surface area contributed by atoms with Gasteiger partial charge in [0.15, 0.2) is 8.32 Å². The Kier molecular flexibility index (Phi) is 23.8. The minimum atomic E-state index is -1.95. The fraction of sp³-hybridized carbons (Fsp3) is 0.836. The van der Waals surface area contributed by atoms with Crippen molar-refractivity contribution >= 4 is 32.2 Å². The lowest BCUT2D eigenvalue weighted by Crippen LogP contribution is -2.46. The summed E-state index contributed by atoms with van der Waals surface area (Å²) in [6.45, 7) is 36.0. The molecule has 4 saturated heterocycles. The van der Waals surface area contributed by atoms with E-state index in [1.54, 1.807) is 0 Å². The van der Waals surface area contributed by atoms with Crippen LogP contribution in [0.1, 0.15) is 186 Å². The number of esters is 4. The van der Waals surface area contributed by atoms with E-state index in [0.717, 1.165) is 56.9 Å². The van der Waals surface area contributed by atoms with Crippen LogP contribution in [0.5, 0.6) is 0 Å². The fourth-order valence-corrected chi connectivity index (χ4v) is 12.2. The largest absolute Gasteiger partial charge is 0.462 e. The van der Waals surface area contributed by atoms with Crippen molar-refractivity contribution in [3.8, 4) is 0 Å². The highest BCUT2D eigenvalue weighted by atomic mass is 28.4. The van der Waals surface area contributed by atoms with E-state index in [1.165, 1.54) is 0 Å². The Bertz CT molecular complexity index is 1930. The average Bonchev–Trinajstić information content (AvgIpc) is 4.20. The van der Waals surface area contributed by atoms with Gasteiger partial charge in [-0.15, -0.1) is 0 Å². The van der Waals surface area contributed by atoms with Gasteiger partial charge in [-0.1, -0.05) is 106 Å². The van der Waals surface area contributed by atoms with Gasteiger partial charge in [0.2, 0.25) is 0 Å². The van der Waals surface area contributed by atoms with Crippen molar-refractivity contribution in [2.45, 2.75) is 279 Å². The number of carbonyl (C=O) groups is 4. The number of benzene rings is 1. The van der Waals surface area contributed by atoms with Gasteiger partial charge in [0.05, 0.1) is 72.5 Å². The molecule has 0 unspecified atom stereocenters. The summed E-state index contributed by atoms with van der Waals surface area (Å²) in [4.78, 5) is 54.1. The number of hydrogen-bond acceptors (Lipinski definition) is 13.